The number of nitrogens with one attached hydrogen (secondary N) is 1. The minimum atomic E-state index is -4.51. The van der Waals surface area contributed by atoms with Crippen molar-refractivity contribution >= 4 is 16.3 Å². The molecule has 1 unspecified atom stereocenters. The number of amides is 1. The van der Waals surface area contributed by atoms with E-state index in [1.807, 2.05) is 13.8 Å². The van der Waals surface area contributed by atoms with E-state index in [4.69, 9.17) is 8.74 Å². The Balaban J connectivity index is 4.65. The molecule has 20 heavy (non-hydrogen) atoms. The molecular formula is C13H25NO5S. The molecule has 0 saturated heterocycles. The minimum absolute atomic E-state index is 0.241. The Morgan fingerprint density at radius 3 is 2.35 bits per heavy atom. The van der Waals surface area contributed by atoms with Crippen LogP contribution in [-0.2, 0) is 19.4 Å². The largest absolute Gasteiger partial charge is 0.397 e. The van der Waals surface area contributed by atoms with E-state index in [0.29, 0.717) is 25.8 Å². The van der Waals surface area contributed by atoms with Gasteiger partial charge in [-0.05, 0) is 37.7 Å². The normalized spacial score (nSPS) is 15.4. The Morgan fingerprint density at radius 2 is 1.95 bits per heavy atom. The van der Waals surface area contributed by atoms with Crippen LogP contribution in [0.25, 0.3) is 0 Å². The lowest BCUT2D eigenvalue weighted by molar-refractivity contribution is -0.116. The van der Waals surface area contributed by atoms with E-state index < -0.39 is 21.4 Å². The molecule has 0 aromatic rings. The van der Waals surface area contributed by atoms with Gasteiger partial charge in [0.2, 0.25) is 5.91 Å². The monoisotopic (exact) mass is 307 g/mol. The highest BCUT2D eigenvalue weighted by Crippen LogP contribution is 2.41. The highest BCUT2D eigenvalue weighted by atomic mass is 32.3. The van der Waals surface area contributed by atoms with Crippen molar-refractivity contribution in [3.05, 3.63) is 12.7 Å². The highest BCUT2D eigenvalue weighted by Gasteiger charge is 2.43. The van der Waals surface area contributed by atoms with Gasteiger partial charge in [0.1, 0.15) is 0 Å². The van der Waals surface area contributed by atoms with Gasteiger partial charge in [-0.1, -0.05) is 27.4 Å². The van der Waals surface area contributed by atoms with Gasteiger partial charge in [0.05, 0.1) is 5.60 Å². The molecule has 0 aliphatic heterocycles. The molecule has 1 amide bonds. The van der Waals surface area contributed by atoms with Crippen molar-refractivity contribution in [1.29, 1.82) is 0 Å². The summed E-state index contributed by atoms with van der Waals surface area (Å²) in [6.07, 6.45) is 2.92. The highest BCUT2D eigenvalue weighted by molar-refractivity contribution is 7.80. The SMILES string of the molecule is C=CC(=O)NCCCC(C)(C)C(C)(CC)OS(=O)(=O)O. The van der Waals surface area contributed by atoms with Crippen LogP contribution in [0, 0.1) is 5.41 Å². The lowest BCUT2D eigenvalue weighted by Crippen LogP contribution is -2.45. The van der Waals surface area contributed by atoms with Crippen LogP contribution in [0.4, 0.5) is 0 Å². The van der Waals surface area contributed by atoms with Crippen molar-refractivity contribution in [3.8, 4) is 0 Å². The molecule has 118 valence electrons. The summed E-state index contributed by atoms with van der Waals surface area (Å²) in [5, 5.41) is 2.66. The third-order valence-corrected chi connectivity index (χ3v) is 4.44. The summed E-state index contributed by atoms with van der Waals surface area (Å²) in [6, 6.07) is 0. The summed E-state index contributed by atoms with van der Waals surface area (Å²) >= 11 is 0. The van der Waals surface area contributed by atoms with E-state index in [1.54, 1.807) is 13.8 Å². The fourth-order valence-electron chi connectivity index (χ4n) is 1.96. The van der Waals surface area contributed by atoms with Crippen molar-refractivity contribution in [2.24, 2.45) is 5.41 Å². The van der Waals surface area contributed by atoms with Crippen molar-refractivity contribution in [1.82, 2.24) is 5.32 Å². The van der Waals surface area contributed by atoms with Crippen LogP contribution in [0.5, 0.6) is 0 Å². The molecule has 0 fully saturated rings. The zero-order valence-electron chi connectivity index (χ0n) is 12.6. The Morgan fingerprint density at radius 1 is 1.40 bits per heavy atom. The van der Waals surface area contributed by atoms with E-state index in [-0.39, 0.29) is 5.91 Å². The summed E-state index contributed by atoms with van der Waals surface area (Å²) in [5.41, 5.74) is -1.50. The molecule has 0 saturated carbocycles. The zero-order valence-corrected chi connectivity index (χ0v) is 13.4. The molecule has 0 radical (unpaired) electrons. The molecule has 2 N–H and O–H groups in total. The standard InChI is InChI=1S/C13H25NO5S/c1-6-11(15)14-10-8-9-12(3,4)13(5,7-2)19-20(16,17)18/h6H,1,7-10H2,2-5H3,(H,14,15)(H,16,17,18). The lowest BCUT2D eigenvalue weighted by atomic mass is 9.71. The molecule has 0 rings (SSSR count). The van der Waals surface area contributed by atoms with Gasteiger partial charge in [-0.25, -0.2) is 4.18 Å². The van der Waals surface area contributed by atoms with Gasteiger partial charge in [-0.3, -0.25) is 9.35 Å². The second kappa shape index (κ2) is 7.19. The third kappa shape index (κ3) is 6.02. The number of rotatable bonds is 9. The topological polar surface area (TPSA) is 92.7 Å². The summed E-state index contributed by atoms with van der Waals surface area (Å²) in [6.45, 7) is 11.0. The van der Waals surface area contributed by atoms with Crippen LogP contribution in [0.15, 0.2) is 12.7 Å². The number of hydrogen-bond acceptors (Lipinski definition) is 4. The molecule has 1 atom stereocenters. The lowest BCUT2D eigenvalue weighted by Gasteiger charge is -2.42. The van der Waals surface area contributed by atoms with Crippen molar-refractivity contribution in [3.63, 3.8) is 0 Å². The van der Waals surface area contributed by atoms with E-state index in [0.717, 1.165) is 0 Å². The van der Waals surface area contributed by atoms with Crippen LogP contribution in [0.3, 0.4) is 0 Å². The van der Waals surface area contributed by atoms with Crippen molar-refractivity contribution < 1.29 is 21.9 Å². The van der Waals surface area contributed by atoms with Crippen molar-refractivity contribution in [2.75, 3.05) is 6.54 Å². The molecule has 0 heterocycles. The van der Waals surface area contributed by atoms with E-state index >= 15 is 0 Å². The summed E-state index contributed by atoms with van der Waals surface area (Å²) in [5.74, 6) is -0.241. The molecule has 0 aromatic carbocycles. The Kier molecular flexibility index (Phi) is 6.86. The van der Waals surface area contributed by atoms with Crippen molar-refractivity contribution in [2.45, 2.75) is 52.6 Å². The van der Waals surface area contributed by atoms with Gasteiger partial charge < -0.3 is 5.32 Å². The maximum Gasteiger partial charge on any atom is 0.397 e. The van der Waals surface area contributed by atoms with E-state index in [1.165, 1.54) is 6.08 Å². The Labute approximate surface area is 121 Å². The summed E-state index contributed by atoms with van der Waals surface area (Å²) in [7, 11) is -4.51. The fourth-order valence-corrected chi connectivity index (χ4v) is 2.77. The predicted octanol–water partition coefficient (Wildman–Crippen LogP) is 2.08. The van der Waals surface area contributed by atoms with Gasteiger partial charge in [0.25, 0.3) is 0 Å². The molecule has 0 aliphatic rings. The van der Waals surface area contributed by atoms with Crippen LogP contribution < -0.4 is 5.32 Å². The summed E-state index contributed by atoms with van der Waals surface area (Å²) < 4.78 is 35.7. The second-order valence-corrected chi connectivity index (χ2v) is 6.60. The average Bonchev–Trinajstić information content (AvgIpc) is 2.31. The molecule has 0 aromatic heterocycles. The number of hydrogen-bond donors (Lipinski definition) is 2. The molecule has 0 bridgehead atoms. The Bertz CT molecular complexity index is 444. The van der Waals surface area contributed by atoms with Gasteiger partial charge in [0.15, 0.2) is 0 Å². The number of carbonyl (C=O) groups excluding carboxylic acids is 1. The quantitative estimate of drug-likeness (QED) is 0.386. The maximum absolute atomic E-state index is 11.0. The first-order valence-corrected chi connectivity index (χ1v) is 7.92. The summed E-state index contributed by atoms with van der Waals surface area (Å²) in [4.78, 5) is 11.0. The molecule has 0 aliphatic carbocycles. The van der Waals surface area contributed by atoms with Gasteiger partial charge in [-0.15, -0.1) is 0 Å². The molecule has 7 heteroatoms. The van der Waals surface area contributed by atoms with E-state index in [9.17, 15) is 13.2 Å². The maximum atomic E-state index is 11.0. The van der Waals surface area contributed by atoms with Crippen LogP contribution in [0.1, 0.15) is 47.0 Å². The zero-order chi connectivity index (χ0) is 16.0. The smallest absolute Gasteiger partial charge is 0.353 e. The van der Waals surface area contributed by atoms with Gasteiger partial charge in [0, 0.05) is 6.54 Å². The molecule has 6 nitrogen and oxygen atoms in total. The Hall–Kier alpha value is -0.920. The average molecular weight is 307 g/mol. The third-order valence-electron chi connectivity index (χ3n) is 3.86. The molecular weight excluding hydrogens is 282 g/mol. The van der Waals surface area contributed by atoms with E-state index in [2.05, 4.69) is 11.9 Å². The number of carbonyl (C=O) groups is 1. The fraction of sp³-hybridized carbons (Fsp3) is 0.769. The first kappa shape index (κ1) is 19.1. The second-order valence-electron chi connectivity index (χ2n) is 5.58. The first-order valence-electron chi connectivity index (χ1n) is 6.56. The van der Waals surface area contributed by atoms with Crippen LogP contribution >= 0.6 is 0 Å². The van der Waals surface area contributed by atoms with Crippen LogP contribution in [0.2, 0.25) is 0 Å². The minimum Gasteiger partial charge on any atom is -0.353 e. The van der Waals surface area contributed by atoms with Gasteiger partial charge in [-0.2, -0.15) is 8.42 Å². The first-order chi connectivity index (χ1) is 8.97. The van der Waals surface area contributed by atoms with Crippen LogP contribution in [-0.4, -0.2) is 31.0 Å². The predicted molar refractivity (Wildman–Crippen MR) is 77.6 cm³/mol. The molecule has 0 spiro atoms. The van der Waals surface area contributed by atoms with Gasteiger partial charge >= 0.3 is 10.4 Å².